The molecule has 2 saturated heterocycles. The van der Waals surface area contributed by atoms with Crippen molar-refractivity contribution in [2.24, 2.45) is 0 Å². The topological polar surface area (TPSA) is 53.1 Å². The van der Waals surface area contributed by atoms with E-state index in [1.807, 2.05) is 7.05 Å². The molecule has 6 heteroatoms. The number of hydrogen-bond acceptors (Lipinski definition) is 6. The second-order valence-electron chi connectivity index (χ2n) is 5.57. The standard InChI is InChI=1S/C14H19N5S/c1-15-14-17-12(9-5-8-20-13(9)18-14)16-10-4-7-19-6-2-3-11(10)19/h5,8,10-11H,2-4,6-7H2,1H3,(H2,15,16,17,18). The Bertz CT molecular complexity index is 625. The first-order valence-corrected chi connectivity index (χ1v) is 8.17. The Hall–Kier alpha value is -1.40. The summed E-state index contributed by atoms with van der Waals surface area (Å²) in [5.74, 6) is 1.68. The van der Waals surface area contributed by atoms with Crippen LogP contribution in [0.25, 0.3) is 10.2 Å². The van der Waals surface area contributed by atoms with E-state index < -0.39 is 0 Å². The maximum Gasteiger partial charge on any atom is 0.225 e. The quantitative estimate of drug-likeness (QED) is 0.908. The molecule has 20 heavy (non-hydrogen) atoms. The Morgan fingerprint density at radius 2 is 2.25 bits per heavy atom. The molecule has 2 atom stereocenters. The van der Waals surface area contributed by atoms with E-state index in [2.05, 4.69) is 36.9 Å². The zero-order chi connectivity index (χ0) is 13.5. The average Bonchev–Trinajstić information content (AvgIpc) is 3.15. The van der Waals surface area contributed by atoms with Crippen LogP contribution in [0.1, 0.15) is 19.3 Å². The summed E-state index contributed by atoms with van der Waals surface area (Å²) in [6.45, 7) is 2.49. The lowest BCUT2D eigenvalue weighted by atomic mass is 10.1. The summed E-state index contributed by atoms with van der Waals surface area (Å²) in [5, 5.41) is 9.97. The van der Waals surface area contributed by atoms with E-state index in [1.54, 1.807) is 11.3 Å². The van der Waals surface area contributed by atoms with E-state index >= 15 is 0 Å². The molecule has 2 unspecified atom stereocenters. The summed E-state index contributed by atoms with van der Waals surface area (Å²) in [6, 6.07) is 3.33. The molecule has 2 aromatic rings. The van der Waals surface area contributed by atoms with Gasteiger partial charge in [-0.1, -0.05) is 0 Å². The normalized spacial score (nSPS) is 26.1. The monoisotopic (exact) mass is 289 g/mol. The van der Waals surface area contributed by atoms with Crippen LogP contribution in [0.15, 0.2) is 11.4 Å². The number of rotatable bonds is 3. The van der Waals surface area contributed by atoms with Gasteiger partial charge in [0.2, 0.25) is 5.95 Å². The maximum atomic E-state index is 4.62. The highest BCUT2D eigenvalue weighted by Crippen LogP contribution is 2.32. The number of thiophene rings is 1. The number of fused-ring (bicyclic) bond motifs is 2. The predicted octanol–water partition coefficient (Wildman–Crippen LogP) is 2.38. The van der Waals surface area contributed by atoms with Crippen LogP contribution in [0.5, 0.6) is 0 Å². The lowest BCUT2D eigenvalue weighted by molar-refractivity contribution is 0.318. The molecule has 106 valence electrons. The van der Waals surface area contributed by atoms with Crippen molar-refractivity contribution in [3.63, 3.8) is 0 Å². The number of hydrogen-bond donors (Lipinski definition) is 2. The van der Waals surface area contributed by atoms with Crippen molar-refractivity contribution in [2.75, 3.05) is 30.8 Å². The molecule has 0 aromatic carbocycles. The van der Waals surface area contributed by atoms with Crippen LogP contribution < -0.4 is 10.6 Å². The van der Waals surface area contributed by atoms with Gasteiger partial charge in [0.1, 0.15) is 10.6 Å². The molecule has 2 fully saturated rings. The highest BCUT2D eigenvalue weighted by molar-refractivity contribution is 7.16. The minimum atomic E-state index is 0.528. The van der Waals surface area contributed by atoms with Crippen LogP contribution in [0.3, 0.4) is 0 Å². The summed E-state index contributed by atoms with van der Waals surface area (Å²) >= 11 is 1.67. The van der Waals surface area contributed by atoms with E-state index in [4.69, 9.17) is 0 Å². The SMILES string of the molecule is CNc1nc(NC2CCN3CCCC23)c2ccsc2n1. The third-order valence-electron chi connectivity index (χ3n) is 4.48. The van der Waals surface area contributed by atoms with Gasteiger partial charge in [0.15, 0.2) is 0 Å². The summed E-state index contributed by atoms with van der Waals surface area (Å²) < 4.78 is 0. The summed E-state index contributed by atoms with van der Waals surface area (Å²) in [7, 11) is 1.87. The number of nitrogens with zero attached hydrogens (tertiary/aromatic N) is 3. The molecule has 4 rings (SSSR count). The number of aromatic nitrogens is 2. The smallest absolute Gasteiger partial charge is 0.225 e. The Labute approximate surface area is 122 Å². The second-order valence-corrected chi connectivity index (χ2v) is 6.46. The maximum absolute atomic E-state index is 4.62. The van der Waals surface area contributed by atoms with Crippen LogP contribution in [-0.4, -0.2) is 47.1 Å². The molecule has 0 amide bonds. The fourth-order valence-electron chi connectivity index (χ4n) is 3.50. The van der Waals surface area contributed by atoms with E-state index in [-0.39, 0.29) is 0 Å². The lowest BCUT2D eigenvalue weighted by Crippen LogP contribution is -2.34. The minimum Gasteiger partial charge on any atom is -0.365 e. The Balaban J connectivity index is 1.66. The summed E-state index contributed by atoms with van der Waals surface area (Å²) in [4.78, 5) is 12.8. The van der Waals surface area contributed by atoms with E-state index in [9.17, 15) is 0 Å². The van der Waals surface area contributed by atoms with Gasteiger partial charge in [0.25, 0.3) is 0 Å². The first kappa shape index (κ1) is 12.3. The van der Waals surface area contributed by atoms with Gasteiger partial charge in [-0.05, 0) is 37.3 Å². The molecular formula is C14H19N5S. The number of anilines is 2. The van der Waals surface area contributed by atoms with Crippen LogP contribution in [0, 0.1) is 0 Å². The van der Waals surface area contributed by atoms with Gasteiger partial charge < -0.3 is 10.6 Å². The van der Waals surface area contributed by atoms with Gasteiger partial charge in [-0.3, -0.25) is 4.90 Å². The van der Waals surface area contributed by atoms with Gasteiger partial charge in [-0.15, -0.1) is 11.3 Å². The third-order valence-corrected chi connectivity index (χ3v) is 5.28. The van der Waals surface area contributed by atoms with Crippen LogP contribution in [0.2, 0.25) is 0 Å². The lowest BCUT2D eigenvalue weighted by Gasteiger charge is -2.22. The molecule has 0 aliphatic carbocycles. The van der Waals surface area contributed by atoms with E-state index in [1.165, 1.54) is 32.4 Å². The summed E-state index contributed by atoms with van der Waals surface area (Å²) in [6.07, 6.45) is 3.87. The molecule has 0 saturated carbocycles. The first-order chi connectivity index (χ1) is 9.85. The Morgan fingerprint density at radius 1 is 1.30 bits per heavy atom. The Kier molecular flexibility index (Phi) is 3.00. The molecule has 5 nitrogen and oxygen atoms in total. The van der Waals surface area contributed by atoms with E-state index in [0.29, 0.717) is 18.0 Å². The Morgan fingerprint density at radius 3 is 3.15 bits per heavy atom. The first-order valence-electron chi connectivity index (χ1n) is 7.29. The molecule has 2 aromatic heterocycles. The molecule has 2 aliphatic heterocycles. The highest BCUT2D eigenvalue weighted by Gasteiger charge is 2.37. The van der Waals surface area contributed by atoms with Crippen LogP contribution >= 0.6 is 11.3 Å². The largest absolute Gasteiger partial charge is 0.365 e. The van der Waals surface area contributed by atoms with Crippen molar-refractivity contribution < 1.29 is 0 Å². The third kappa shape index (κ3) is 1.94. The molecule has 2 N–H and O–H groups in total. The molecule has 0 bridgehead atoms. The van der Waals surface area contributed by atoms with Crippen molar-refractivity contribution in [1.29, 1.82) is 0 Å². The van der Waals surface area contributed by atoms with E-state index in [0.717, 1.165) is 16.0 Å². The van der Waals surface area contributed by atoms with Gasteiger partial charge in [-0.25, -0.2) is 4.98 Å². The van der Waals surface area contributed by atoms with Crippen molar-refractivity contribution in [3.05, 3.63) is 11.4 Å². The fourth-order valence-corrected chi connectivity index (χ4v) is 4.27. The van der Waals surface area contributed by atoms with Crippen molar-refractivity contribution in [3.8, 4) is 0 Å². The van der Waals surface area contributed by atoms with Crippen molar-refractivity contribution in [1.82, 2.24) is 14.9 Å². The van der Waals surface area contributed by atoms with Gasteiger partial charge in [-0.2, -0.15) is 4.98 Å². The fraction of sp³-hybridized carbons (Fsp3) is 0.571. The molecular weight excluding hydrogens is 270 g/mol. The zero-order valence-corrected chi connectivity index (χ0v) is 12.4. The van der Waals surface area contributed by atoms with Crippen LogP contribution in [-0.2, 0) is 0 Å². The predicted molar refractivity (Wildman–Crippen MR) is 83.6 cm³/mol. The summed E-state index contributed by atoms with van der Waals surface area (Å²) in [5.41, 5.74) is 0. The van der Waals surface area contributed by atoms with Gasteiger partial charge >= 0.3 is 0 Å². The van der Waals surface area contributed by atoms with Crippen LogP contribution in [0.4, 0.5) is 11.8 Å². The molecule has 0 spiro atoms. The minimum absolute atomic E-state index is 0.528. The molecule has 0 radical (unpaired) electrons. The average molecular weight is 289 g/mol. The zero-order valence-electron chi connectivity index (χ0n) is 11.6. The van der Waals surface area contributed by atoms with Crippen molar-refractivity contribution in [2.45, 2.75) is 31.3 Å². The molecule has 4 heterocycles. The number of nitrogens with one attached hydrogen (secondary N) is 2. The van der Waals surface area contributed by atoms with Gasteiger partial charge in [0, 0.05) is 25.7 Å². The second kappa shape index (κ2) is 4.86. The van der Waals surface area contributed by atoms with Crippen molar-refractivity contribution >= 4 is 33.3 Å². The molecule has 2 aliphatic rings. The highest BCUT2D eigenvalue weighted by atomic mass is 32.1. The van der Waals surface area contributed by atoms with Gasteiger partial charge in [0.05, 0.1) is 5.39 Å².